The Hall–Kier alpha value is -4.65. The Morgan fingerprint density at radius 3 is 2.00 bits per heavy atom. The van der Waals surface area contributed by atoms with Crippen molar-refractivity contribution in [1.82, 2.24) is 4.90 Å². The van der Waals surface area contributed by atoms with Crippen molar-refractivity contribution in [3.05, 3.63) is 112 Å². The largest absolute Gasteiger partial charge is 0.493 e. The monoisotopic (exact) mass is 646 g/mol. The van der Waals surface area contributed by atoms with Crippen LogP contribution in [0.2, 0.25) is 0 Å². The molecule has 3 aromatic rings. The van der Waals surface area contributed by atoms with E-state index in [0.717, 1.165) is 52.9 Å². The molecule has 0 bridgehead atoms. The molecule has 48 heavy (non-hydrogen) atoms. The van der Waals surface area contributed by atoms with Crippen molar-refractivity contribution < 1.29 is 23.9 Å². The first-order valence-corrected chi connectivity index (χ1v) is 16.9. The Bertz CT molecular complexity index is 1750. The molecule has 3 aliphatic rings. The minimum atomic E-state index is -0.497. The summed E-state index contributed by atoms with van der Waals surface area (Å²) in [6.45, 7) is 11.1. The zero-order valence-corrected chi connectivity index (χ0v) is 28.9. The van der Waals surface area contributed by atoms with E-state index >= 15 is 0 Å². The van der Waals surface area contributed by atoms with Crippen LogP contribution in [0.5, 0.6) is 11.5 Å². The molecule has 1 aliphatic heterocycles. The standard InChI is InChI=1S/C41H46N2O5/c1-26-12-15-29(16-13-26)42-36(46)25-48-34-17-14-28(20-35(34)47-6)37-38-30(21-40(2,3)23-32(38)44)43(19-18-27-10-8-7-9-11-27)31-22-41(4,5)24-33(45)39(31)37/h7-17,20,37H,18-19,21-25H2,1-6H3,(H,42,46). The summed E-state index contributed by atoms with van der Waals surface area (Å²) >= 11 is 0. The summed E-state index contributed by atoms with van der Waals surface area (Å²) in [5, 5.41) is 2.85. The molecule has 0 unspecified atom stereocenters. The lowest BCUT2D eigenvalue weighted by atomic mass is 9.63. The van der Waals surface area contributed by atoms with E-state index in [0.29, 0.717) is 36.6 Å². The highest BCUT2D eigenvalue weighted by molar-refractivity contribution is 6.07. The molecule has 0 saturated carbocycles. The average molecular weight is 647 g/mol. The van der Waals surface area contributed by atoms with Crippen molar-refractivity contribution in [3.8, 4) is 11.5 Å². The van der Waals surface area contributed by atoms with Gasteiger partial charge in [-0.05, 0) is 72.4 Å². The fourth-order valence-corrected chi connectivity index (χ4v) is 7.50. The van der Waals surface area contributed by atoms with Crippen LogP contribution >= 0.6 is 0 Å². The number of ketones is 2. The number of nitrogens with one attached hydrogen (secondary N) is 1. The minimum Gasteiger partial charge on any atom is -0.493 e. The fourth-order valence-electron chi connectivity index (χ4n) is 7.50. The van der Waals surface area contributed by atoms with Crippen molar-refractivity contribution in [1.29, 1.82) is 0 Å². The SMILES string of the molecule is COc1cc(C2C3=C(CC(C)(C)CC3=O)N(CCc3ccccc3)C3=C2C(=O)CC(C)(C)C3)ccc1OCC(=O)Nc1ccc(C)cc1. The molecule has 2 aliphatic carbocycles. The van der Waals surface area contributed by atoms with Gasteiger partial charge in [-0.1, -0.05) is 81.8 Å². The van der Waals surface area contributed by atoms with Gasteiger partial charge in [-0.3, -0.25) is 14.4 Å². The summed E-state index contributed by atoms with van der Waals surface area (Å²) in [5.74, 6) is 0.250. The number of carbonyl (C=O) groups excluding carboxylic acids is 3. The van der Waals surface area contributed by atoms with Gasteiger partial charge in [-0.25, -0.2) is 0 Å². The second-order valence-electron chi connectivity index (χ2n) is 15.0. The van der Waals surface area contributed by atoms with Crippen LogP contribution in [0, 0.1) is 17.8 Å². The number of carbonyl (C=O) groups is 3. The predicted molar refractivity (Wildman–Crippen MR) is 188 cm³/mol. The molecule has 0 aromatic heterocycles. The van der Waals surface area contributed by atoms with E-state index in [1.165, 1.54) is 5.56 Å². The van der Waals surface area contributed by atoms with E-state index in [1.54, 1.807) is 13.2 Å². The zero-order valence-electron chi connectivity index (χ0n) is 28.9. The van der Waals surface area contributed by atoms with E-state index < -0.39 is 5.92 Å². The van der Waals surface area contributed by atoms with Gasteiger partial charge in [0.1, 0.15) is 0 Å². The van der Waals surface area contributed by atoms with Gasteiger partial charge in [-0.2, -0.15) is 0 Å². The second kappa shape index (κ2) is 13.1. The smallest absolute Gasteiger partial charge is 0.262 e. The van der Waals surface area contributed by atoms with Crippen LogP contribution in [0.3, 0.4) is 0 Å². The molecular formula is C41H46N2O5. The Balaban J connectivity index is 1.37. The van der Waals surface area contributed by atoms with E-state index in [9.17, 15) is 14.4 Å². The Kier molecular flexibility index (Phi) is 9.08. The number of methoxy groups -OCH3 is 1. The highest BCUT2D eigenvalue weighted by Crippen LogP contribution is 2.55. The molecule has 0 radical (unpaired) electrons. The fraction of sp³-hybridized carbons (Fsp3) is 0.390. The number of Topliss-reactive ketones (excluding diaryl/α,β-unsaturated/α-hetero) is 2. The highest BCUT2D eigenvalue weighted by Gasteiger charge is 2.49. The van der Waals surface area contributed by atoms with Gasteiger partial charge in [0, 0.05) is 53.5 Å². The lowest BCUT2D eigenvalue weighted by Crippen LogP contribution is -2.45. The topological polar surface area (TPSA) is 84.9 Å². The quantitative estimate of drug-likeness (QED) is 0.254. The maximum absolute atomic E-state index is 14.2. The molecule has 7 heteroatoms. The zero-order chi connectivity index (χ0) is 34.2. The Morgan fingerprint density at radius 2 is 1.42 bits per heavy atom. The van der Waals surface area contributed by atoms with Crippen LogP contribution in [-0.4, -0.2) is 42.6 Å². The van der Waals surface area contributed by atoms with Crippen molar-refractivity contribution >= 4 is 23.2 Å². The maximum Gasteiger partial charge on any atom is 0.262 e. The molecule has 1 N–H and O–H groups in total. The lowest BCUT2D eigenvalue weighted by molar-refractivity contribution is -0.120. The first-order chi connectivity index (χ1) is 22.8. The van der Waals surface area contributed by atoms with Crippen LogP contribution in [-0.2, 0) is 20.8 Å². The van der Waals surface area contributed by atoms with Gasteiger partial charge in [0.2, 0.25) is 0 Å². The van der Waals surface area contributed by atoms with Gasteiger partial charge in [-0.15, -0.1) is 0 Å². The number of amides is 1. The second-order valence-corrected chi connectivity index (χ2v) is 15.0. The molecule has 1 heterocycles. The number of rotatable bonds is 9. The number of anilines is 1. The van der Waals surface area contributed by atoms with Crippen LogP contribution < -0.4 is 14.8 Å². The number of aryl methyl sites for hydroxylation is 1. The molecule has 7 nitrogen and oxygen atoms in total. The summed E-state index contributed by atoms with van der Waals surface area (Å²) < 4.78 is 11.7. The third kappa shape index (κ3) is 6.96. The van der Waals surface area contributed by atoms with Crippen LogP contribution in [0.1, 0.15) is 76.0 Å². The number of allylic oxidation sites excluding steroid dienone is 4. The van der Waals surface area contributed by atoms with Gasteiger partial charge < -0.3 is 19.7 Å². The normalized spacial score (nSPS) is 18.8. The first kappa shape index (κ1) is 33.3. The molecule has 6 rings (SSSR count). The average Bonchev–Trinajstić information content (AvgIpc) is 3.03. The van der Waals surface area contributed by atoms with Crippen LogP contribution in [0.25, 0.3) is 0 Å². The van der Waals surface area contributed by atoms with Crippen molar-refractivity contribution in [2.24, 2.45) is 10.8 Å². The van der Waals surface area contributed by atoms with Crippen molar-refractivity contribution in [2.75, 3.05) is 25.6 Å². The van der Waals surface area contributed by atoms with E-state index in [1.807, 2.05) is 49.4 Å². The molecule has 0 saturated heterocycles. The van der Waals surface area contributed by atoms with Crippen molar-refractivity contribution in [3.63, 3.8) is 0 Å². The lowest BCUT2D eigenvalue weighted by Gasteiger charge is -2.49. The van der Waals surface area contributed by atoms with Crippen molar-refractivity contribution in [2.45, 2.75) is 72.6 Å². The molecular weight excluding hydrogens is 600 g/mol. The van der Waals surface area contributed by atoms with Gasteiger partial charge in [0.05, 0.1) is 7.11 Å². The summed E-state index contributed by atoms with van der Waals surface area (Å²) in [6, 6.07) is 23.5. The van der Waals surface area contributed by atoms with E-state index in [-0.39, 0.29) is 34.9 Å². The number of benzene rings is 3. The summed E-state index contributed by atoms with van der Waals surface area (Å²) in [4.78, 5) is 43.4. The molecule has 0 spiro atoms. The third-order valence-corrected chi connectivity index (χ3v) is 9.70. The summed E-state index contributed by atoms with van der Waals surface area (Å²) in [6.07, 6.45) is 3.15. The number of nitrogens with zero attached hydrogens (tertiary/aromatic N) is 1. The van der Waals surface area contributed by atoms with Gasteiger partial charge in [0.25, 0.3) is 5.91 Å². The summed E-state index contributed by atoms with van der Waals surface area (Å²) in [7, 11) is 1.56. The van der Waals surface area contributed by atoms with Crippen LogP contribution in [0.4, 0.5) is 5.69 Å². The Morgan fingerprint density at radius 1 is 0.812 bits per heavy atom. The van der Waals surface area contributed by atoms with Gasteiger partial charge >= 0.3 is 0 Å². The number of hydrogen-bond donors (Lipinski definition) is 1. The predicted octanol–water partition coefficient (Wildman–Crippen LogP) is 7.95. The maximum atomic E-state index is 14.2. The molecule has 1 amide bonds. The molecule has 250 valence electrons. The molecule has 3 aromatic carbocycles. The van der Waals surface area contributed by atoms with Crippen LogP contribution in [0.15, 0.2) is 95.3 Å². The highest BCUT2D eigenvalue weighted by atomic mass is 16.5. The van der Waals surface area contributed by atoms with E-state index in [4.69, 9.17) is 9.47 Å². The summed E-state index contributed by atoms with van der Waals surface area (Å²) in [5.41, 5.74) is 6.95. The third-order valence-electron chi connectivity index (χ3n) is 9.70. The molecule has 0 atom stereocenters. The molecule has 0 fully saturated rings. The van der Waals surface area contributed by atoms with E-state index in [2.05, 4.69) is 62.2 Å². The Labute approximate surface area is 284 Å². The minimum absolute atomic E-state index is 0.0900. The first-order valence-electron chi connectivity index (χ1n) is 16.9. The number of hydrogen-bond acceptors (Lipinski definition) is 6. The van der Waals surface area contributed by atoms with Gasteiger partial charge in [0.15, 0.2) is 29.7 Å². The number of ether oxygens (including phenoxy) is 2.